The number of aromatic nitrogens is 4. The number of rotatable bonds is 4. The molecule has 5 nitrogen and oxygen atoms in total. The lowest BCUT2D eigenvalue weighted by atomic mass is 9.97. The molecule has 6 heteroatoms. The Kier molecular flexibility index (Phi) is 4.35. The molecule has 1 saturated heterocycles. The van der Waals surface area contributed by atoms with E-state index in [0.29, 0.717) is 12.0 Å². The van der Waals surface area contributed by atoms with Crippen LogP contribution in [0.15, 0.2) is 11.8 Å². The maximum atomic E-state index is 4.39. The minimum absolute atomic E-state index is 0.425. The van der Waals surface area contributed by atoms with Gasteiger partial charge in [-0.25, -0.2) is 4.98 Å². The summed E-state index contributed by atoms with van der Waals surface area (Å²) in [7, 11) is 0. The minimum Gasteiger partial charge on any atom is -0.315 e. The second-order valence-corrected chi connectivity index (χ2v) is 7.06. The molecule has 0 amide bonds. The number of piperidine rings is 1. The Morgan fingerprint density at radius 3 is 3.00 bits per heavy atom. The summed E-state index contributed by atoms with van der Waals surface area (Å²) in [5, 5.41) is 8.51. The van der Waals surface area contributed by atoms with Gasteiger partial charge >= 0.3 is 0 Å². The highest BCUT2D eigenvalue weighted by Crippen LogP contribution is 2.28. The predicted molar refractivity (Wildman–Crippen MR) is 84.5 cm³/mol. The number of nitrogens with zero attached hydrogens (tertiary/aromatic N) is 5. The summed E-state index contributed by atoms with van der Waals surface area (Å²) in [6, 6.07) is 0.425. The minimum atomic E-state index is 0.425. The van der Waals surface area contributed by atoms with Gasteiger partial charge in [0.15, 0.2) is 0 Å². The van der Waals surface area contributed by atoms with Gasteiger partial charge in [0, 0.05) is 29.9 Å². The van der Waals surface area contributed by atoms with E-state index in [1.807, 2.05) is 11.8 Å². The first kappa shape index (κ1) is 14.7. The molecule has 21 heavy (non-hydrogen) atoms. The summed E-state index contributed by atoms with van der Waals surface area (Å²) in [6.07, 6.45) is 4.31. The smallest absolute Gasteiger partial charge is 0.137 e. The molecule has 0 bridgehead atoms. The third-order valence-electron chi connectivity index (χ3n) is 4.24. The Hall–Kier alpha value is -1.27. The fourth-order valence-electron chi connectivity index (χ4n) is 3.03. The summed E-state index contributed by atoms with van der Waals surface area (Å²) >= 11 is 1.76. The van der Waals surface area contributed by atoms with Crippen LogP contribution in [0.3, 0.4) is 0 Å². The maximum absolute atomic E-state index is 4.39. The first-order valence-electron chi connectivity index (χ1n) is 7.66. The van der Waals surface area contributed by atoms with Gasteiger partial charge in [-0.3, -0.25) is 4.90 Å². The summed E-state index contributed by atoms with van der Waals surface area (Å²) in [6.45, 7) is 9.74. The lowest BCUT2D eigenvalue weighted by Gasteiger charge is -2.32. The van der Waals surface area contributed by atoms with Crippen LogP contribution in [-0.4, -0.2) is 37.7 Å². The van der Waals surface area contributed by atoms with Crippen LogP contribution in [0.5, 0.6) is 0 Å². The van der Waals surface area contributed by atoms with Crippen LogP contribution in [0.1, 0.15) is 55.0 Å². The quantitative estimate of drug-likeness (QED) is 0.871. The molecule has 1 fully saturated rings. The van der Waals surface area contributed by atoms with Crippen molar-refractivity contribution in [1.29, 1.82) is 0 Å². The normalized spacial score (nSPS) is 20.3. The van der Waals surface area contributed by atoms with Crippen molar-refractivity contribution in [2.75, 3.05) is 13.1 Å². The number of hydrogen-bond acceptors (Lipinski definition) is 5. The molecule has 3 rings (SSSR count). The molecule has 0 spiro atoms. The number of hydrogen-bond donors (Lipinski definition) is 0. The van der Waals surface area contributed by atoms with E-state index in [-0.39, 0.29) is 0 Å². The Labute approximate surface area is 130 Å². The van der Waals surface area contributed by atoms with Crippen LogP contribution in [0.4, 0.5) is 0 Å². The average Bonchev–Trinajstić information content (AvgIpc) is 3.09. The van der Waals surface area contributed by atoms with Crippen LogP contribution in [0.2, 0.25) is 0 Å². The Bertz CT molecular complexity index is 588. The van der Waals surface area contributed by atoms with E-state index in [1.165, 1.54) is 30.0 Å². The first-order chi connectivity index (χ1) is 10.1. The molecule has 2 aromatic rings. The molecule has 0 N–H and O–H groups in total. The van der Waals surface area contributed by atoms with E-state index in [0.717, 1.165) is 18.9 Å². The van der Waals surface area contributed by atoms with Crippen molar-refractivity contribution in [3.05, 3.63) is 28.2 Å². The summed E-state index contributed by atoms with van der Waals surface area (Å²) < 4.78 is 2.21. The second-order valence-electron chi connectivity index (χ2n) is 6.13. The third-order valence-corrected chi connectivity index (χ3v) is 5.16. The molecule has 1 unspecified atom stereocenters. The summed E-state index contributed by atoms with van der Waals surface area (Å²) in [4.78, 5) is 8.28. The van der Waals surface area contributed by atoms with Crippen LogP contribution in [0, 0.1) is 6.92 Å². The van der Waals surface area contributed by atoms with Crippen molar-refractivity contribution >= 4 is 11.3 Å². The highest BCUT2D eigenvalue weighted by molar-refractivity contribution is 7.09. The van der Waals surface area contributed by atoms with Crippen molar-refractivity contribution in [1.82, 2.24) is 24.6 Å². The van der Waals surface area contributed by atoms with Gasteiger partial charge in [-0.2, -0.15) is 0 Å². The highest BCUT2D eigenvalue weighted by atomic mass is 32.1. The largest absolute Gasteiger partial charge is 0.315 e. The predicted octanol–water partition coefficient (Wildman–Crippen LogP) is 3.00. The number of aryl methyl sites for hydroxylation is 1. The van der Waals surface area contributed by atoms with E-state index in [2.05, 4.69) is 45.4 Å². The SMILES string of the molecule is Cc1ncsc1CN1CCCC(c2nncn2C(C)C)C1. The van der Waals surface area contributed by atoms with E-state index in [4.69, 9.17) is 0 Å². The fraction of sp³-hybridized carbons (Fsp3) is 0.667. The molecule has 0 aromatic carbocycles. The van der Waals surface area contributed by atoms with Crippen molar-refractivity contribution in [2.24, 2.45) is 0 Å². The zero-order valence-corrected chi connectivity index (χ0v) is 13.8. The maximum Gasteiger partial charge on any atom is 0.137 e. The zero-order valence-electron chi connectivity index (χ0n) is 13.0. The lowest BCUT2D eigenvalue weighted by molar-refractivity contribution is 0.195. The van der Waals surface area contributed by atoms with Gasteiger partial charge in [-0.15, -0.1) is 21.5 Å². The van der Waals surface area contributed by atoms with E-state index in [9.17, 15) is 0 Å². The molecule has 1 aliphatic heterocycles. The molecule has 3 heterocycles. The van der Waals surface area contributed by atoms with Gasteiger partial charge < -0.3 is 4.57 Å². The van der Waals surface area contributed by atoms with E-state index >= 15 is 0 Å². The molecular weight excluding hydrogens is 282 g/mol. The van der Waals surface area contributed by atoms with Crippen molar-refractivity contribution < 1.29 is 0 Å². The molecule has 2 aromatic heterocycles. The molecule has 0 aliphatic carbocycles. The lowest BCUT2D eigenvalue weighted by Crippen LogP contribution is -2.35. The van der Waals surface area contributed by atoms with Gasteiger partial charge in [-0.05, 0) is 40.2 Å². The highest BCUT2D eigenvalue weighted by Gasteiger charge is 2.26. The summed E-state index contributed by atoms with van der Waals surface area (Å²) in [5.41, 5.74) is 3.12. The zero-order chi connectivity index (χ0) is 14.8. The Balaban J connectivity index is 1.71. The van der Waals surface area contributed by atoms with Crippen molar-refractivity contribution in [3.63, 3.8) is 0 Å². The molecular formula is C15H23N5S. The number of thiazole rings is 1. The third kappa shape index (κ3) is 3.16. The fourth-order valence-corrected chi connectivity index (χ4v) is 3.85. The average molecular weight is 305 g/mol. The molecule has 114 valence electrons. The topological polar surface area (TPSA) is 46.8 Å². The monoisotopic (exact) mass is 305 g/mol. The van der Waals surface area contributed by atoms with Crippen molar-refractivity contribution in [3.8, 4) is 0 Å². The van der Waals surface area contributed by atoms with Gasteiger partial charge in [0.05, 0.1) is 11.2 Å². The molecule has 1 atom stereocenters. The molecule has 1 aliphatic rings. The summed E-state index contributed by atoms with van der Waals surface area (Å²) in [5.74, 6) is 1.65. The first-order valence-corrected chi connectivity index (χ1v) is 8.54. The second kappa shape index (κ2) is 6.23. The Morgan fingerprint density at radius 1 is 1.43 bits per heavy atom. The number of likely N-dealkylation sites (tertiary alicyclic amines) is 1. The van der Waals surface area contributed by atoms with E-state index < -0.39 is 0 Å². The molecule has 0 saturated carbocycles. The Morgan fingerprint density at radius 2 is 2.29 bits per heavy atom. The van der Waals surface area contributed by atoms with E-state index in [1.54, 1.807) is 11.3 Å². The van der Waals surface area contributed by atoms with Gasteiger partial charge in [0.25, 0.3) is 0 Å². The van der Waals surface area contributed by atoms with Crippen molar-refractivity contribution in [2.45, 2.75) is 52.1 Å². The van der Waals surface area contributed by atoms with Gasteiger partial charge in [0.2, 0.25) is 0 Å². The van der Waals surface area contributed by atoms with Crippen LogP contribution in [-0.2, 0) is 6.54 Å². The van der Waals surface area contributed by atoms with Gasteiger partial charge in [-0.1, -0.05) is 0 Å². The standard InChI is InChI=1S/C15H23N5S/c1-11(2)20-9-17-18-15(20)13-5-4-6-19(7-13)8-14-12(3)16-10-21-14/h9-11,13H,4-8H2,1-3H3. The van der Waals surface area contributed by atoms with Crippen LogP contribution in [0.25, 0.3) is 0 Å². The molecule has 0 radical (unpaired) electrons. The van der Waals surface area contributed by atoms with Gasteiger partial charge in [0.1, 0.15) is 12.2 Å². The van der Waals surface area contributed by atoms with Crippen LogP contribution < -0.4 is 0 Å². The van der Waals surface area contributed by atoms with Crippen LogP contribution >= 0.6 is 11.3 Å².